The number of hydrogen-bond donors (Lipinski definition) is 2. The molecule has 4 nitrogen and oxygen atoms in total. The Kier molecular flexibility index (Phi) is 3.15. The molecule has 1 aromatic heterocycles. The van der Waals surface area contributed by atoms with Gasteiger partial charge in [0.05, 0.1) is 5.69 Å². The average molecular weight is 263 g/mol. The van der Waals surface area contributed by atoms with Gasteiger partial charge in [-0.1, -0.05) is 34.6 Å². The maximum absolute atomic E-state index is 12.4. The Bertz CT molecular complexity index is 485. The molecule has 0 saturated heterocycles. The zero-order valence-electron chi connectivity index (χ0n) is 12.6. The molecule has 3 N–H and O–H groups in total. The average Bonchev–Trinajstić information content (AvgIpc) is 2.63. The van der Waals surface area contributed by atoms with Crippen LogP contribution in [0.2, 0.25) is 0 Å². The fraction of sp³-hybridized carbons (Fsp3) is 0.667. The Morgan fingerprint density at radius 3 is 2.42 bits per heavy atom. The number of hydrogen-bond acceptors (Lipinski definition) is 2. The van der Waals surface area contributed by atoms with Crippen molar-refractivity contribution < 1.29 is 4.79 Å². The molecule has 1 heterocycles. The molecular formula is C15H25N3O. The van der Waals surface area contributed by atoms with Gasteiger partial charge in [0.1, 0.15) is 5.69 Å². The van der Waals surface area contributed by atoms with Crippen LogP contribution in [0, 0.1) is 10.8 Å². The number of nitrogens with zero attached hydrogens (tertiary/aromatic N) is 1. The molecule has 1 fully saturated rings. The number of nitrogens with two attached hydrogens (primary N) is 1. The third-order valence-electron chi connectivity index (χ3n) is 4.91. The first-order valence-electron chi connectivity index (χ1n) is 6.98. The highest BCUT2D eigenvalue weighted by Crippen LogP contribution is 2.62. The van der Waals surface area contributed by atoms with Crippen LogP contribution >= 0.6 is 0 Å². The summed E-state index contributed by atoms with van der Waals surface area (Å²) in [4.78, 5) is 12.4. The van der Waals surface area contributed by atoms with E-state index in [2.05, 4.69) is 39.9 Å². The zero-order valence-corrected chi connectivity index (χ0v) is 12.6. The number of rotatable bonds is 4. The van der Waals surface area contributed by atoms with Gasteiger partial charge in [-0.25, -0.2) is 0 Å². The predicted octanol–water partition coefficient (Wildman–Crippen LogP) is 2.64. The lowest BCUT2D eigenvalue weighted by molar-refractivity contribution is 0.0934. The largest absolute Gasteiger partial charge is 0.397 e. The number of aromatic nitrogens is 1. The number of nitrogens with one attached hydrogen (secondary N) is 1. The van der Waals surface area contributed by atoms with Crippen LogP contribution in [-0.2, 0) is 6.54 Å². The van der Waals surface area contributed by atoms with Crippen molar-refractivity contribution in [2.24, 2.45) is 10.8 Å². The third-order valence-corrected chi connectivity index (χ3v) is 4.91. The molecule has 0 aliphatic heterocycles. The Hall–Kier alpha value is -1.45. The van der Waals surface area contributed by atoms with Gasteiger partial charge in [-0.05, 0) is 23.3 Å². The quantitative estimate of drug-likeness (QED) is 0.877. The molecule has 19 heavy (non-hydrogen) atoms. The van der Waals surface area contributed by atoms with Crippen molar-refractivity contribution in [3.63, 3.8) is 0 Å². The van der Waals surface area contributed by atoms with Crippen molar-refractivity contribution in [3.05, 3.63) is 18.0 Å². The van der Waals surface area contributed by atoms with Gasteiger partial charge in [-0.2, -0.15) is 0 Å². The number of amides is 1. The molecule has 0 unspecified atom stereocenters. The predicted molar refractivity (Wildman–Crippen MR) is 78.0 cm³/mol. The van der Waals surface area contributed by atoms with E-state index < -0.39 is 0 Å². The van der Waals surface area contributed by atoms with Gasteiger partial charge in [-0.15, -0.1) is 0 Å². The summed E-state index contributed by atoms with van der Waals surface area (Å²) in [6.45, 7) is 11.7. The van der Waals surface area contributed by atoms with Crippen molar-refractivity contribution in [1.29, 1.82) is 0 Å². The van der Waals surface area contributed by atoms with Crippen molar-refractivity contribution in [3.8, 4) is 0 Å². The molecule has 1 saturated carbocycles. The van der Waals surface area contributed by atoms with Gasteiger partial charge in [0.25, 0.3) is 5.91 Å². The Morgan fingerprint density at radius 1 is 1.37 bits per heavy atom. The Morgan fingerprint density at radius 2 is 1.95 bits per heavy atom. The lowest BCUT2D eigenvalue weighted by Crippen LogP contribution is -2.31. The lowest BCUT2D eigenvalue weighted by Gasteiger charge is -2.09. The van der Waals surface area contributed by atoms with E-state index in [1.54, 1.807) is 6.07 Å². The van der Waals surface area contributed by atoms with E-state index in [9.17, 15) is 4.79 Å². The molecule has 1 aromatic rings. The van der Waals surface area contributed by atoms with Gasteiger partial charge in [-0.3, -0.25) is 4.79 Å². The summed E-state index contributed by atoms with van der Waals surface area (Å²) in [7, 11) is 0. The molecule has 1 aliphatic rings. The van der Waals surface area contributed by atoms with E-state index in [4.69, 9.17) is 5.73 Å². The van der Waals surface area contributed by atoms with Crippen LogP contribution in [0.3, 0.4) is 0 Å². The highest BCUT2D eigenvalue weighted by atomic mass is 16.2. The highest BCUT2D eigenvalue weighted by molar-refractivity contribution is 5.94. The number of aryl methyl sites for hydroxylation is 1. The van der Waals surface area contributed by atoms with Crippen LogP contribution in [0.4, 0.5) is 5.69 Å². The first-order chi connectivity index (χ1) is 8.71. The van der Waals surface area contributed by atoms with E-state index >= 15 is 0 Å². The summed E-state index contributed by atoms with van der Waals surface area (Å²) in [6, 6.07) is 1.98. The summed E-state index contributed by atoms with van der Waals surface area (Å²) in [5.41, 5.74) is 7.41. The summed E-state index contributed by atoms with van der Waals surface area (Å²) in [5.74, 6) is -0.0196. The SMILES string of the molecule is CCCn1cc(N)cc1C(=O)NC1C(C)(C)C1(C)C. The van der Waals surface area contributed by atoms with E-state index in [0.29, 0.717) is 11.4 Å². The van der Waals surface area contributed by atoms with Crippen LogP contribution in [0.1, 0.15) is 51.5 Å². The maximum atomic E-state index is 12.4. The number of carbonyl (C=O) groups is 1. The smallest absolute Gasteiger partial charge is 0.268 e. The molecule has 0 bridgehead atoms. The molecule has 2 rings (SSSR count). The minimum absolute atomic E-state index is 0.0196. The number of nitrogen functional groups attached to an aromatic ring is 1. The standard InChI is InChI=1S/C15H25N3O/c1-6-7-18-9-10(16)8-11(18)12(19)17-13-14(2,3)15(13,4)5/h8-9,13H,6-7,16H2,1-5H3,(H,17,19). The van der Waals surface area contributed by atoms with Gasteiger partial charge in [0, 0.05) is 18.8 Å². The minimum atomic E-state index is -0.0196. The summed E-state index contributed by atoms with van der Waals surface area (Å²) in [6.07, 6.45) is 2.82. The lowest BCUT2D eigenvalue weighted by atomic mass is 10.0. The summed E-state index contributed by atoms with van der Waals surface area (Å²) < 4.78 is 1.94. The number of carbonyl (C=O) groups excluding carboxylic acids is 1. The van der Waals surface area contributed by atoms with Gasteiger partial charge in [0.15, 0.2) is 0 Å². The summed E-state index contributed by atoms with van der Waals surface area (Å²) >= 11 is 0. The zero-order chi connectivity index (χ0) is 14.4. The molecule has 0 radical (unpaired) electrons. The monoisotopic (exact) mass is 263 g/mol. The highest BCUT2D eigenvalue weighted by Gasteiger charge is 2.65. The van der Waals surface area contributed by atoms with Crippen molar-refractivity contribution in [2.75, 3.05) is 5.73 Å². The van der Waals surface area contributed by atoms with Crippen LogP contribution in [0.15, 0.2) is 12.3 Å². The molecule has 0 spiro atoms. The maximum Gasteiger partial charge on any atom is 0.268 e. The minimum Gasteiger partial charge on any atom is -0.397 e. The normalized spacial score (nSPS) is 20.3. The second-order valence-electron chi connectivity index (χ2n) is 6.70. The van der Waals surface area contributed by atoms with Crippen LogP contribution in [0.25, 0.3) is 0 Å². The molecule has 1 aliphatic carbocycles. The Balaban J connectivity index is 2.14. The summed E-state index contributed by atoms with van der Waals surface area (Å²) in [5, 5.41) is 3.15. The second kappa shape index (κ2) is 4.29. The van der Waals surface area contributed by atoms with Gasteiger partial charge < -0.3 is 15.6 Å². The fourth-order valence-electron chi connectivity index (χ4n) is 2.91. The molecule has 0 aromatic carbocycles. The third kappa shape index (κ3) is 2.13. The van der Waals surface area contributed by atoms with E-state index in [1.165, 1.54) is 0 Å². The first kappa shape index (κ1) is 14.0. The van der Waals surface area contributed by atoms with Gasteiger partial charge in [0.2, 0.25) is 0 Å². The van der Waals surface area contributed by atoms with Gasteiger partial charge >= 0.3 is 0 Å². The fourth-order valence-corrected chi connectivity index (χ4v) is 2.91. The second-order valence-corrected chi connectivity index (χ2v) is 6.70. The number of anilines is 1. The van der Waals surface area contributed by atoms with E-state index in [0.717, 1.165) is 13.0 Å². The molecule has 4 heteroatoms. The van der Waals surface area contributed by atoms with Crippen molar-refractivity contribution in [1.82, 2.24) is 9.88 Å². The van der Waals surface area contributed by atoms with Crippen LogP contribution in [0.5, 0.6) is 0 Å². The van der Waals surface area contributed by atoms with Crippen molar-refractivity contribution >= 4 is 11.6 Å². The molecule has 106 valence electrons. The first-order valence-corrected chi connectivity index (χ1v) is 6.98. The molecule has 1 amide bonds. The Labute approximate surface area is 115 Å². The van der Waals surface area contributed by atoms with E-state index in [-0.39, 0.29) is 22.8 Å². The molecular weight excluding hydrogens is 238 g/mol. The van der Waals surface area contributed by atoms with Crippen molar-refractivity contribution in [2.45, 2.75) is 53.6 Å². The topological polar surface area (TPSA) is 60.0 Å². The van der Waals surface area contributed by atoms with Crippen LogP contribution < -0.4 is 11.1 Å². The van der Waals surface area contributed by atoms with E-state index in [1.807, 2.05) is 10.8 Å². The van der Waals surface area contributed by atoms with Crippen LogP contribution in [-0.4, -0.2) is 16.5 Å². The molecule has 0 atom stereocenters.